The van der Waals surface area contributed by atoms with Crippen molar-refractivity contribution >= 4 is 11.9 Å². The lowest BCUT2D eigenvalue weighted by molar-refractivity contribution is -0.137. The maximum absolute atomic E-state index is 11.7. The lowest BCUT2D eigenvalue weighted by atomic mass is 9.87. The predicted octanol–water partition coefficient (Wildman–Crippen LogP) is 3.90. The van der Waals surface area contributed by atoms with E-state index in [2.05, 4.69) is 38.2 Å². The summed E-state index contributed by atoms with van der Waals surface area (Å²) >= 11 is 0. The topological polar surface area (TPSA) is 75.6 Å². The largest absolute Gasteiger partial charge is 0.494 e. The summed E-state index contributed by atoms with van der Waals surface area (Å²) < 4.78 is 5.67. The van der Waals surface area contributed by atoms with Crippen LogP contribution in [0.1, 0.15) is 64.9 Å². The highest BCUT2D eigenvalue weighted by molar-refractivity contribution is 5.75. The number of amides is 1. The van der Waals surface area contributed by atoms with E-state index in [0.29, 0.717) is 32.4 Å². The number of carboxylic acids is 1. The summed E-state index contributed by atoms with van der Waals surface area (Å²) in [6.45, 7) is 7.64. The second-order valence-electron chi connectivity index (χ2n) is 7.28. The van der Waals surface area contributed by atoms with Crippen LogP contribution in [0.4, 0.5) is 0 Å². The number of rotatable bonds is 11. The number of unbranched alkanes of at least 4 members (excludes halogenated alkanes) is 2. The van der Waals surface area contributed by atoms with Crippen LogP contribution in [0.25, 0.3) is 0 Å². The normalized spacial score (nSPS) is 11.2. The van der Waals surface area contributed by atoms with Crippen molar-refractivity contribution < 1.29 is 19.4 Å². The number of carbonyl (C=O) groups excluding carboxylic acids is 1. The van der Waals surface area contributed by atoms with E-state index in [1.807, 2.05) is 12.1 Å². The van der Waals surface area contributed by atoms with Crippen LogP contribution in [0.5, 0.6) is 5.75 Å². The van der Waals surface area contributed by atoms with E-state index < -0.39 is 5.97 Å². The van der Waals surface area contributed by atoms with E-state index in [1.54, 1.807) is 0 Å². The van der Waals surface area contributed by atoms with E-state index in [4.69, 9.17) is 9.84 Å². The molecule has 0 aliphatic rings. The molecule has 2 N–H and O–H groups in total. The first-order valence-electron chi connectivity index (χ1n) is 9.01. The Morgan fingerprint density at radius 2 is 1.68 bits per heavy atom. The standard InChI is InChI=1S/C20H31NO4/c1-20(2,3)16-10-12-17(13-11-16)25-15-7-8-18(22)21-14-6-4-5-9-19(23)24/h10-13H,4-9,14-15H2,1-3H3,(H,21,22)(H,23,24). The number of hydrogen-bond donors (Lipinski definition) is 2. The monoisotopic (exact) mass is 349 g/mol. The van der Waals surface area contributed by atoms with Crippen molar-refractivity contribution in [1.82, 2.24) is 5.32 Å². The molecule has 5 nitrogen and oxygen atoms in total. The fourth-order valence-electron chi connectivity index (χ4n) is 2.37. The Bertz CT molecular complexity index is 532. The minimum Gasteiger partial charge on any atom is -0.494 e. The van der Waals surface area contributed by atoms with Crippen molar-refractivity contribution in [2.45, 2.75) is 64.7 Å². The summed E-state index contributed by atoms with van der Waals surface area (Å²) in [5.41, 5.74) is 1.40. The van der Waals surface area contributed by atoms with Crippen molar-refractivity contribution in [3.63, 3.8) is 0 Å². The van der Waals surface area contributed by atoms with Gasteiger partial charge in [-0.3, -0.25) is 9.59 Å². The van der Waals surface area contributed by atoms with Crippen molar-refractivity contribution in [2.75, 3.05) is 13.2 Å². The summed E-state index contributed by atoms with van der Waals surface area (Å²) in [5.74, 6) is 0.0776. The molecular formula is C20H31NO4. The van der Waals surface area contributed by atoms with Crippen molar-refractivity contribution in [2.24, 2.45) is 0 Å². The van der Waals surface area contributed by atoms with Gasteiger partial charge in [0, 0.05) is 19.4 Å². The molecule has 5 heteroatoms. The summed E-state index contributed by atoms with van der Waals surface area (Å²) in [4.78, 5) is 22.1. The molecule has 25 heavy (non-hydrogen) atoms. The summed E-state index contributed by atoms with van der Waals surface area (Å²) in [7, 11) is 0. The van der Waals surface area contributed by atoms with Crippen molar-refractivity contribution in [3.8, 4) is 5.75 Å². The summed E-state index contributed by atoms with van der Waals surface area (Å²) in [6.07, 6.45) is 3.60. The first kappa shape index (κ1) is 21.0. The zero-order chi connectivity index (χ0) is 18.7. The minimum atomic E-state index is -0.767. The SMILES string of the molecule is CC(C)(C)c1ccc(OCCCC(=O)NCCCCCC(=O)O)cc1. The Labute approximate surface area is 150 Å². The van der Waals surface area contributed by atoms with E-state index in [0.717, 1.165) is 18.6 Å². The van der Waals surface area contributed by atoms with Gasteiger partial charge in [0.2, 0.25) is 5.91 Å². The highest BCUT2D eigenvalue weighted by Crippen LogP contribution is 2.24. The molecule has 1 rings (SSSR count). The maximum Gasteiger partial charge on any atom is 0.303 e. The zero-order valence-corrected chi connectivity index (χ0v) is 15.6. The van der Waals surface area contributed by atoms with Crippen LogP contribution in [0, 0.1) is 0 Å². The molecule has 0 heterocycles. The molecule has 0 radical (unpaired) electrons. The molecule has 0 aliphatic carbocycles. The number of benzene rings is 1. The number of aliphatic carboxylic acids is 1. The first-order valence-corrected chi connectivity index (χ1v) is 9.01. The fraction of sp³-hybridized carbons (Fsp3) is 0.600. The van der Waals surface area contributed by atoms with Gasteiger partial charge in [-0.2, -0.15) is 0 Å². The zero-order valence-electron chi connectivity index (χ0n) is 15.6. The highest BCUT2D eigenvalue weighted by atomic mass is 16.5. The van der Waals surface area contributed by atoms with Crippen LogP contribution >= 0.6 is 0 Å². The van der Waals surface area contributed by atoms with Gasteiger partial charge in [-0.05, 0) is 42.4 Å². The van der Waals surface area contributed by atoms with Gasteiger partial charge in [0.05, 0.1) is 6.61 Å². The Kier molecular flexibility index (Phi) is 9.03. The average Bonchev–Trinajstić information content (AvgIpc) is 2.54. The molecule has 0 aromatic heterocycles. The Hall–Kier alpha value is -2.04. The Balaban J connectivity index is 2.09. The molecule has 0 bridgehead atoms. The van der Waals surface area contributed by atoms with Gasteiger partial charge in [-0.1, -0.05) is 39.3 Å². The Morgan fingerprint density at radius 1 is 1.00 bits per heavy atom. The van der Waals surface area contributed by atoms with Crippen molar-refractivity contribution in [3.05, 3.63) is 29.8 Å². The third-order valence-corrected chi connectivity index (χ3v) is 3.93. The molecule has 0 spiro atoms. The van der Waals surface area contributed by atoms with Crippen LogP contribution < -0.4 is 10.1 Å². The number of hydrogen-bond acceptors (Lipinski definition) is 3. The lowest BCUT2D eigenvalue weighted by Gasteiger charge is -2.19. The van der Waals surface area contributed by atoms with Gasteiger partial charge in [0.15, 0.2) is 0 Å². The van der Waals surface area contributed by atoms with Crippen molar-refractivity contribution in [1.29, 1.82) is 0 Å². The van der Waals surface area contributed by atoms with Crippen LogP contribution in [0.15, 0.2) is 24.3 Å². The smallest absolute Gasteiger partial charge is 0.303 e. The van der Waals surface area contributed by atoms with Gasteiger partial charge in [-0.25, -0.2) is 0 Å². The molecule has 0 unspecified atom stereocenters. The van der Waals surface area contributed by atoms with Crippen LogP contribution in [0.2, 0.25) is 0 Å². The number of carbonyl (C=O) groups is 2. The van der Waals surface area contributed by atoms with Gasteiger partial charge in [0.1, 0.15) is 5.75 Å². The minimum absolute atomic E-state index is 0.0184. The fourth-order valence-corrected chi connectivity index (χ4v) is 2.37. The Morgan fingerprint density at radius 3 is 2.28 bits per heavy atom. The van der Waals surface area contributed by atoms with E-state index >= 15 is 0 Å². The third-order valence-electron chi connectivity index (χ3n) is 3.93. The van der Waals surface area contributed by atoms with Crippen LogP contribution in [-0.4, -0.2) is 30.1 Å². The van der Waals surface area contributed by atoms with E-state index in [1.165, 1.54) is 5.56 Å². The molecule has 0 aliphatic heterocycles. The maximum atomic E-state index is 11.7. The molecule has 0 saturated heterocycles. The highest BCUT2D eigenvalue weighted by Gasteiger charge is 2.12. The van der Waals surface area contributed by atoms with E-state index in [-0.39, 0.29) is 17.7 Å². The predicted molar refractivity (Wildman–Crippen MR) is 99.0 cm³/mol. The van der Waals surface area contributed by atoms with Gasteiger partial charge < -0.3 is 15.2 Å². The lowest BCUT2D eigenvalue weighted by Crippen LogP contribution is -2.24. The molecule has 140 valence electrons. The molecule has 1 amide bonds. The molecule has 1 aromatic carbocycles. The first-order chi connectivity index (χ1) is 11.8. The molecule has 0 saturated carbocycles. The van der Waals surface area contributed by atoms with Gasteiger partial charge in [-0.15, -0.1) is 0 Å². The van der Waals surface area contributed by atoms with E-state index in [9.17, 15) is 9.59 Å². The third kappa shape index (κ3) is 9.75. The average molecular weight is 349 g/mol. The molecule has 0 atom stereocenters. The molecule has 1 aromatic rings. The quantitative estimate of drug-likeness (QED) is 0.594. The second-order valence-corrected chi connectivity index (χ2v) is 7.28. The van der Waals surface area contributed by atoms with Crippen LogP contribution in [-0.2, 0) is 15.0 Å². The second kappa shape index (κ2) is 10.7. The summed E-state index contributed by atoms with van der Waals surface area (Å²) in [5, 5.41) is 11.4. The number of ether oxygens (including phenoxy) is 1. The summed E-state index contributed by atoms with van der Waals surface area (Å²) in [6, 6.07) is 8.09. The molecular weight excluding hydrogens is 318 g/mol. The van der Waals surface area contributed by atoms with Gasteiger partial charge in [0.25, 0.3) is 0 Å². The van der Waals surface area contributed by atoms with Crippen LogP contribution in [0.3, 0.4) is 0 Å². The number of nitrogens with one attached hydrogen (secondary N) is 1. The molecule has 0 fully saturated rings. The number of carboxylic acid groups (broad SMARTS) is 1. The van der Waals surface area contributed by atoms with Gasteiger partial charge >= 0.3 is 5.97 Å².